The Bertz CT molecular complexity index is 431. The fourth-order valence-electron chi connectivity index (χ4n) is 1.22. The van der Waals surface area contributed by atoms with E-state index in [0.29, 0.717) is 5.88 Å². The quantitative estimate of drug-likeness (QED) is 0.808. The maximum atomic E-state index is 5.52. The minimum Gasteiger partial charge on any atom is -0.437 e. The van der Waals surface area contributed by atoms with Crippen LogP contribution in [-0.4, -0.2) is 9.97 Å². The Morgan fingerprint density at radius 2 is 2.20 bits per heavy atom. The molecule has 1 heterocycles. The highest BCUT2D eigenvalue weighted by Gasteiger charge is 1.99. The molecule has 0 fully saturated rings. The van der Waals surface area contributed by atoms with E-state index in [9.17, 15) is 0 Å². The van der Waals surface area contributed by atoms with Crippen LogP contribution in [0.15, 0.2) is 42.9 Å². The lowest BCUT2D eigenvalue weighted by atomic mass is 10.2. The monoisotopic (exact) mass is 202 g/mol. The van der Waals surface area contributed by atoms with Gasteiger partial charge < -0.3 is 10.5 Å². The number of benzene rings is 1. The molecule has 0 unspecified atom stereocenters. The summed E-state index contributed by atoms with van der Waals surface area (Å²) in [6.07, 6.45) is 4.79. The van der Waals surface area contributed by atoms with Crippen LogP contribution in [-0.2, 0) is 6.54 Å². The first kappa shape index (κ1) is 9.61. The highest BCUT2D eigenvalue weighted by atomic mass is 16.5. The average molecular weight is 202 g/mol. The molecule has 4 heteroatoms. The Balaban J connectivity index is 2.17. The number of hydrogen-bond acceptors (Lipinski definition) is 3. The topological polar surface area (TPSA) is 62.7 Å². The molecule has 0 saturated carbocycles. The Labute approximate surface area is 87.7 Å². The molecule has 4 nitrogen and oxygen atoms in total. The molecule has 15 heavy (non-hydrogen) atoms. The summed E-state index contributed by atoms with van der Waals surface area (Å²) in [5.41, 5.74) is 4.96. The van der Waals surface area contributed by atoms with E-state index in [0.717, 1.165) is 17.9 Å². The normalized spacial score (nSPS) is 9.93. The van der Waals surface area contributed by atoms with Crippen molar-refractivity contribution < 1.29 is 10.5 Å². The van der Waals surface area contributed by atoms with Crippen LogP contribution in [0.4, 0.5) is 0 Å². The van der Waals surface area contributed by atoms with E-state index in [2.05, 4.69) is 15.7 Å². The van der Waals surface area contributed by atoms with Crippen molar-refractivity contribution >= 4 is 0 Å². The van der Waals surface area contributed by atoms with Crippen LogP contribution >= 0.6 is 0 Å². The Morgan fingerprint density at radius 1 is 1.27 bits per heavy atom. The van der Waals surface area contributed by atoms with Gasteiger partial charge in [0, 0.05) is 18.0 Å². The molecule has 76 valence electrons. The first-order chi connectivity index (χ1) is 7.38. The molecule has 0 bridgehead atoms. The van der Waals surface area contributed by atoms with Crippen LogP contribution in [0.25, 0.3) is 0 Å². The maximum Gasteiger partial charge on any atom is 0.237 e. The van der Waals surface area contributed by atoms with Gasteiger partial charge in [-0.15, -0.1) is 0 Å². The molecule has 0 aliphatic heterocycles. The molecule has 0 atom stereocenters. The molecule has 3 N–H and O–H groups in total. The highest BCUT2D eigenvalue weighted by Crippen LogP contribution is 2.18. The maximum absolute atomic E-state index is 5.52. The molecule has 2 rings (SSSR count). The third-order valence-electron chi connectivity index (χ3n) is 1.95. The third kappa shape index (κ3) is 2.51. The summed E-state index contributed by atoms with van der Waals surface area (Å²) in [4.78, 5) is 7.95. The highest BCUT2D eigenvalue weighted by molar-refractivity contribution is 5.30. The second-order valence-corrected chi connectivity index (χ2v) is 3.04. The second-order valence-electron chi connectivity index (χ2n) is 3.04. The minimum atomic E-state index is 0.499. The lowest BCUT2D eigenvalue weighted by molar-refractivity contribution is -0.386. The number of hydrogen-bond donors (Lipinski definition) is 1. The summed E-state index contributed by atoms with van der Waals surface area (Å²) in [6, 6.07) is 7.78. The van der Waals surface area contributed by atoms with E-state index >= 15 is 0 Å². The summed E-state index contributed by atoms with van der Waals surface area (Å²) >= 11 is 0. The first-order valence-electron chi connectivity index (χ1n) is 4.70. The van der Waals surface area contributed by atoms with E-state index in [1.54, 1.807) is 18.6 Å². The molecule has 0 radical (unpaired) electrons. The van der Waals surface area contributed by atoms with Gasteiger partial charge in [0.05, 0.1) is 12.7 Å². The zero-order chi connectivity index (χ0) is 10.5. The van der Waals surface area contributed by atoms with Crippen molar-refractivity contribution in [3.63, 3.8) is 0 Å². The van der Waals surface area contributed by atoms with E-state index in [1.165, 1.54) is 0 Å². The second kappa shape index (κ2) is 4.52. The van der Waals surface area contributed by atoms with Gasteiger partial charge in [0.2, 0.25) is 5.88 Å². The van der Waals surface area contributed by atoms with Gasteiger partial charge >= 0.3 is 0 Å². The number of nitrogens with zero attached hydrogens (tertiary/aromatic N) is 2. The van der Waals surface area contributed by atoms with Crippen molar-refractivity contribution in [1.82, 2.24) is 9.97 Å². The molecule has 1 aromatic heterocycles. The van der Waals surface area contributed by atoms with Crippen LogP contribution in [0.2, 0.25) is 0 Å². The average Bonchev–Trinajstić information content (AvgIpc) is 2.31. The van der Waals surface area contributed by atoms with Crippen molar-refractivity contribution in [2.24, 2.45) is 0 Å². The van der Waals surface area contributed by atoms with Gasteiger partial charge in [0.25, 0.3) is 0 Å². The SMILES string of the molecule is [NH3+]Cc1cccc(Oc2cnccn2)c1. The molecular formula is C11H12N3O+. The number of aromatic nitrogens is 2. The Morgan fingerprint density at radius 3 is 2.93 bits per heavy atom. The van der Waals surface area contributed by atoms with Crippen LogP contribution in [0.5, 0.6) is 11.6 Å². The van der Waals surface area contributed by atoms with Crippen LogP contribution in [0.3, 0.4) is 0 Å². The summed E-state index contributed by atoms with van der Waals surface area (Å²) < 4.78 is 5.52. The Hall–Kier alpha value is -1.94. The zero-order valence-corrected chi connectivity index (χ0v) is 8.26. The molecule has 0 aliphatic rings. The van der Waals surface area contributed by atoms with Gasteiger partial charge in [-0.05, 0) is 12.1 Å². The van der Waals surface area contributed by atoms with Crippen molar-refractivity contribution in [2.75, 3.05) is 0 Å². The third-order valence-corrected chi connectivity index (χ3v) is 1.95. The molecule has 1 aromatic carbocycles. The van der Waals surface area contributed by atoms with Crippen molar-refractivity contribution in [2.45, 2.75) is 6.54 Å². The van der Waals surface area contributed by atoms with Gasteiger partial charge in [-0.2, -0.15) is 0 Å². The van der Waals surface area contributed by atoms with E-state index in [-0.39, 0.29) is 0 Å². The predicted octanol–water partition coefficient (Wildman–Crippen LogP) is 1.01. The van der Waals surface area contributed by atoms with Crippen LogP contribution < -0.4 is 10.5 Å². The predicted molar refractivity (Wildman–Crippen MR) is 55.1 cm³/mol. The van der Waals surface area contributed by atoms with E-state index in [1.807, 2.05) is 24.3 Å². The van der Waals surface area contributed by atoms with Gasteiger partial charge in [-0.3, -0.25) is 4.98 Å². The van der Waals surface area contributed by atoms with Crippen molar-refractivity contribution in [3.05, 3.63) is 48.4 Å². The molecular weight excluding hydrogens is 190 g/mol. The largest absolute Gasteiger partial charge is 0.437 e. The summed E-state index contributed by atoms with van der Waals surface area (Å²) in [5, 5.41) is 0. The van der Waals surface area contributed by atoms with E-state index < -0.39 is 0 Å². The number of quaternary nitrogens is 1. The minimum absolute atomic E-state index is 0.499. The van der Waals surface area contributed by atoms with Gasteiger partial charge in [0.15, 0.2) is 0 Å². The number of ether oxygens (including phenoxy) is 1. The van der Waals surface area contributed by atoms with Crippen LogP contribution in [0.1, 0.15) is 5.56 Å². The lowest BCUT2D eigenvalue weighted by Crippen LogP contribution is -2.47. The standard InChI is InChI=1S/C11H11N3O/c12-7-9-2-1-3-10(6-9)15-11-8-13-4-5-14-11/h1-6,8H,7,12H2/p+1. The number of rotatable bonds is 3. The fraction of sp³-hybridized carbons (Fsp3) is 0.0909. The zero-order valence-electron chi connectivity index (χ0n) is 8.26. The fourth-order valence-corrected chi connectivity index (χ4v) is 1.22. The molecule has 0 aliphatic carbocycles. The van der Waals surface area contributed by atoms with Crippen molar-refractivity contribution in [1.29, 1.82) is 0 Å². The van der Waals surface area contributed by atoms with Crippen molar-refractivity contribution in [3.8, 4) is 11.6 Å². The van der Waals surface area contributed by atoms with Gasteiger partial charge in [-0.25, -0.2) is 4.98 Å². The Kier molecular flexibility index (Phi) is 2.90. The van der Waals surface area contributed by atoms with Gasteiger partial charge in [-0.1, -0.05) is 12.1 Å². The van der Waals surface area contributed by atoms with Crippen LogP contribution in [0, 0.1) is 0 Å². The molecule has 0 spiro atoms. The summed E-state index contributed by atoms with van der Waals surface area (Å²) in [7, 11) is 0. The van der Waals surface area contributed by atoms with E-state index in [4.69, 9.17) is 4.74 Å². The summed E-state index contributed by atoms with van der Waals surface area (Å²) in [5.74, 6) is 1.26. The summed E-state index contributed by atoms with van der Waals surface area (Å²) in [6.45, 7) is 0.748. The smallest absolute Gasteiger partial charge is 0.237 e. The molecule has 0 amide bonds. The lowest BCUT2D eigenvalue weighted by Gasteiger charge is -2.04. The first-order valence-corrected chi connectivity index (χ1v) is 4.70. The molecule has 0 saturated heterocycles. The van der Waals surface area contributed by atoms with Gasteiger partial charge in [0.1, 0.15) is 5.75 Å². The molecule has 2 aromatic rings.